The second-order valence-electron chi connectivity index (χ2n) is 7.81. The summed E-state index contributed by atoms with van der Waals surface area (Å²) in [6.45, 7) is 1.60. The minimum Gasteiger partial charge on any atom is -0.514 e. The summed E-state index contributed by atoms with van der Waals surface area (Å²) in [5.74, 6) is -2.20. The molecule has 0 aliphatic carbocycles. The molecule has 2 aliphatic rings. The molecule has 3 N–H and O–H groups in total. The van der Waals surface area contributed by atoms with Gasteiger partial charge in [-0.2, -0.15) is 0 Å². The topological polar surface area (TPSA) is 136 Å². The maximum Gasteiger partial charge on any atom is 0.264 e. The Morgan fingerprint density at radius 2 is 1.85 bits per heavy atom. The molecule has 1 aromatic carbocycles. The number of aliphatic hydroxyl groups excluding tert-OH is 1. The molecule has 11 heteroatoms. The first kappa shape index (κ1) is 27.0. The van der Waals surface area contributed by atoms with Crippen molar-refractivity contribution in [1.29, 1.82) is 0 Å². The Bertz CT molecular complexity index is 951. The van der Waals surface area contributed by atoms with Crippen molar-refractivity contribution in [3.8, 4) is 0 Å². The van der Waals surface area contributed by atoms with Crippen LogP contribution in [0.15, 0.2) is 42.3 Å². The molecule has 2 aliphatic heterocycles. The fourth-order valence-electron chi connectivity index (χ4n) is 3.87. The Balaban J connectivity index is 0.00000385. The van der Waals surface area contributed by atoms with Gasteiger partial charge in [-0.15, -0.1) is 0 Å². The van der Waals surface area contributed by atoms with Crippen LogP contribution in [-0.4, -0.2) is 63.2 Å². The van der Waals surface area contributed by atoms with Crippen molar-refractivity contribution in [3.63, 3.8) is 0 Å². The Hall–Kier alpha value is -2.25. The Labute approximate surface area is 227 Å². The molecule has 10 nitrogen and oxygen atoms in total. The van der Waals surface area contributed by atoms with Crippen molar-refractivity contribution < 1.29 is 73.1 Å². The molecule has 0 aromatic heterocycles. The predicted molar refractivity (Wildman–Crippen MR) is 113 cm³/mol. The van der Waals surface area contributed by atoms with Crippen molar-refractivity contribution in [2.24, 2.45) is 0 Å². The van der Waals surface area contributed by atoms with Gasteiger partial charge < -0.3 is 15.7 Å². The predicted octanol–water partition coefficient (Wildman–Crippen LogP) is 0.808. The quantitative estimate of drug-likeness (QED) is 0.384. The van der Waals surface area contributed by atoms with Crippen LogP contribution in [-0.2, 0) is 19.2 Å². The molecular formula is C22H26AcN4O6. The molecule has 0 unspecified atom stereocenters. The van der Waals surface area contributed by atoms with Crippen LogP contribution >= 0.6 is 0 Å². The van der Waals surface area contributed by atoms with E-state index in [0.29, 0.717) is 24.7 Å². The van der Waals surface area contributed by atoms with E-state index in [1.807, 2.05) is 0 Å². The van der Waals surface area contributed by atoms with E-state index < -0.39 is 29.8 Å². The molecule has 0 bridgehead atoms. The molecule has 33 heavy (non-hydrogen) atoms. The van der Waals surface area contributed by atoms with Crippen LogP contribution in [0, 0.1) is 44.1 Å². The fraction of sp³-hybridized carbons (Fsp3) is 0.409. The van der Waals surface area contributed by atoms with Gasteiger partial charge in [0.2, 0.25) is 11.8 Å². The average Bonchev–Trinajstić information content (AvgIpc) is 2.90. The number of ketones is 1. The third-order valence-electron chi connectivity index (χ3n) is 5.38. The normalized spacial score (nSPS) is 20.8. The summed E-state index contributed by atoms with van der Waals surface area (Å²) < 4.78 is 0. The number of benzene rings is 1. The van der Waals surface area contributed by atoms with Crippen LogP contribution in [0.3, 0.4) is 0 Å². The Kier molecular flexibility index (Phi) is 10.0. The number of nitrogens with one attached hydrogen (secondary N) is 2. The Morgan fingerprint density at radius 1 is 1.15 bits per heavy atom. The number of rotatable bonds is 6. The maximum atomic E-state index is 13.4. The summed E-state index contributed by atoms with van der Waals surface area (Å²) in [4.78, 5) is 62.9. The summed E-state index contributed by atoms with van der Waals surface area (Å²) >= 11 is 0. The first-order valence-corrected chi connectivity index (χ1v) is 10.4. The van der Waals surface area contributed by atoms with Gasteiger partial charge in [0.05, 0.1) is 12.0 Å². The second kappa shape index (κ2) is 12.3. The van der Waals surface area contributed by atoms with E-state index in [-0.39, 0.29) is 87.3 Å². The van der Waals surface area contributed by atoms with Crippen LogP contribution in [0.1, 0.15) is 49.4 Å². The third-order valence-corrected chi connectivity index (χ3v) is 5.38. The zero-order chi connectivity index (χ0) is 23.3. The first-order chi connectivity index (χ1) is 15.3. The SMILES string of the molecule is CC(=O)C/C(=C/O)NC(=O)[C@@H]1CCCN2C(=O)CC[C@H](NC(=O)c3ccccc3)C(=O)N12.[Ac]. The van der Waals surface area contributed by atoms with Gasteiger partial charge in [0, 0.05) is 69.0 Å². The Morgan fingerprint density at radius 3 is 2.48 bits per heavy atom. The molecule has 3 rings (SSSR count). The van der Waals surface area contributed by atoms with Crippen molar-refractivity contribution in [2.75, 3.05) is 6.54 Å². The fourth-order valence-corrected chi connectivity index (χ4v) is 3.87. The van der Waals surface area contributed by atoms with Gasteiger partial charge >= 0.3 is 0 Å². The summed E-state index contributed by atoms with van der Waals surface area (Å²) in [5, 5.41) is 16.9. The molecule has 4 amide bonds. The zero-order valence-electron chi connectivity index (χ0n) is 18.3. The van der Waals surface area contributed by atoms with Gasteiger partial charge in [-0.3, -0.25) is 29.0 Å². The maximum absolute atomic E-state index is 13.4. The van der Waals surface area contributed by atoms with Crippen molar-refractivity contribution in [1.82, 2.24) is 20.7 Å². The van der Waals surface area contributed by atoms with Gasteiger partial charge in [0.25, 0.3) is 11.8 Å². The molecule has 2 heterocycles. The standard InChI is InChI=1S/C22H26N4O6.Ac/c1-14(28)12-16(13-27)23-21(31)18-8-5-11-25-19(29)10-9-17(22(32)26(18)25)24-20(30)15-6-3-2-4-7-15;/h2-4,6-7,13,17-18,27H,5,8-12H2,1H3,(H,23,31)(H,24,30);/b16-13-;/t17-,18-;/m0./s1. The number of carbonyl (C=O) groups is 5. The molecule has 2 fully saturated rings. The van der Waals surface area contributed by atoms with Crippen molar-refractivity contribution in [2.45, 2.75) is 51.1 Å². The summed E-state index contributed by atoms with van der Waals surface area (Å²) in [6, 6.07) is 6.40. The minimum atomic E-state index is -1.02. The van der Waals surface area contributed by atoms with Gasteiger partial charge in [0.1, 0.15) is 17.9 Å². The van der Waals surface area contributed by atoms with Gasteiger partial charge in [0.15, 0.2) is 0 Å². The number of aliphatic hydroxyl groups is 1. The van der Waals surface area contributed by atoms with E-state index in [9.17, 15) is 29.1 Å². The van der Waals surface area contributed by atoms with Crippen LogP contribution in [0.4, 0.5) is 0 Å². The van der Waals surface area contributed by atoms with Gasteiger partial charge in [-0.25, -0.2) is 5.01 Å². The number of hydrogen-bond donors (Lipinski definition) is 3. The van der Waals surface area contributed by atoms with E-state index in [1.54, 1.807) is 30.3 Å². The summed E-state index contributed by atoms with van der Waals surface area (Å²) in [5.41, 5.74) is 0.379. The number of hydrogen-bond acceptors (Lipinski definition) is 6. The van der Waals surface area contributed by atoms with Crippen molar-refractivity contribution in [3.05, 3.63) is 47.9 Å². The summed E-state index contributed by atoms with van der Waals surface area (Å²) in [6.07, 6.45) is 1.41. The van der Waals surface area contributed by atoms with E-state index in [0.717, 1.165) is 5.01 Å². The molecule has 1 aromatic rings. The van der Waals surface area contributed by atoms with E-state index in [4.69, 9.17) is 0 Å². The van der Waals surface area contributed by atoms with Crippen molar-refractivity contribution >= 4 is 29.4 Å². The number of amides is 4. The van der Waals surface area contributed by atoms with Crippen LogP contribution < -0.4 is 10.6 Å². The number of allylic oxidation sites excluding steroid dienone is 1. The van der Waals surface area contributed by atoms with Crippen LogP contribution in [0.5, 0.6) is 0 Å². The van der Waals surface area contributed by atoms with E-state index >= 15 is 0 Å². The van der Waals surface area contributed by atoms with Crippen LogP contribution in [0.2, 0.25) is 0 Å². The molecular weight excluding hydrogens is 643 g/mol. The molecule has 2 atom stereocenters. The largest absolute Gasteiger partial charge is 0.514 e. The van der Waals surface area contributed by atoms with E-state index in [1.165, 1.54) is 11.9 Å². The molecule has 173 valence electrons. The summed E-state index contributed by atoms with van der Waals surface area (Å²) in [7, 11) is 0. The van der Waals surface area contributed by atoms with E-state index in [2.05, 4.69) is 10.6 Å². The number of hydrazine groups is 1. The molecule has 1 radical (unpaired) electrons. The average molecular weight is 669 g/mol. The monoisotopic (exact) mass is 669 g/mol. The number of Topliss-reactive ketones (excluding diaryl/α,β-unsaturated/α-hetero) is 1. The van der Waals surface area contributed by atoms with Gasteiger partial charge in [-0.05, 0) is 38.3 Å². The molecule has 2 saturated heterocycles. The van der Waals surface area contributed by atoms with Crippen LogP contribution in [0.25, 0.3) is 0 Å². The van der Waals surface area contributed by atoms with Gasteiger partial charge in [-0.1, -0.05) is 18.2 Å². The first-order valence-electron chi connectivity index (χ1n) is 10.4. The second-order valence-corrected chi connectivity index (χ2v) is 7.81. The number of fused-ring (bicyclic) bond motifs is 1. The smallest absolute Gasteiger partial charge is 0.264 e. The molecule has 0 spiro atoms. The molecule has 0 saturated carbocycles. The number of carbonyl (C=O) groups excluding carboxylic acids is 5. The third kappa shape index (κ3) is 6.64. The number of nitrogens with zero attached hydrogens (tertiary/aromatic N) is 2. The zero-order valence-corrected chi connectivity index (χ0v) is 23.1. The minimum absolute atomic E-state index is 0.